The molecule has 0 radical (unpaired) electrons. The van der Waals surface area contributed by atoms with E-state index in [9.17, 15) is 14.4 Å². The van der Waals surface area contributed by atoms with Crippen molar-refractivity contribution in [2.24, 2.45) is 0 Å². The molecular formula is C28H31N5O5. The summed E-state index contributed by atoms with van der Waals surface area (Å²) in [5, 5.41) is 3.94. The van der Waals surface area contributed by atoms with Crippen molar-refractivity contribution in [2.75, 3.05) is 57.9 Å². The van der Waals surface area contributed by atoms with Crippen LogP contribution in [0.1, 0.15) is 28.5 Å². The lowest BCUT2D eigenvalue weighted by Gasteiger charge is -2.35. The number of para-hydroxylation sites is 1. The number of morpholine rings is 1. The summed E-state index contributed by atoms with van der Waals surface area (Å²) >= 11 is 0. The number of ether oxygens (including phenoxy) is 2. The zero-order valence-corrected chi connectivity index (χ0v) is 21.6. The number of hydrogen-bond acceptors (Lipinski definition) is 6. The highest BCUT2D eigenvalue weighted by Crippen LogP contribution is 2.46. The lowest BCUT2D eigenvalue weighted by atomic mass is 9.87. The molecule has 0 bridgehead atoms. The molecule has 2 fully saturated rings. The first-order valence-electron chi connectivity index (χ1n) is 13.0. The molecule has 38 heavy (non-hydrogen) atoms. The molecule has 0 unspecified atom stereocenters. The number of nitrogens with zero attached hydrogens (tertiary/aromatic N) is 3. The summed E-state index contributed by atoms with van der Waals surface area (Å²) in [6.45, 7) is 6.39. The fourth-order valence-corrected chi connectivity index (χ4v) is 5.87. The third kappa shape index (κ3) is 3.74. The van der Waals surface area contributed by atoms with Crippen LogP contribution in [0.15, 0.2) is 42.5 Å². The molecule has 3 aliphatic heterocycles. The monoisotopic (exact) mass is 517 g/mol. The molecule has 10 nitrogen and oxygen atoms in total. The van der Waals surface area contributed by atoms with Crippen molar-refractivity contribution in [3.05, 3.63) is 59.3 Å². The predicted octanol–water partition coefficient (Wildman–Crippen LogP) is 2.48. The number of hydrogen-bond donors (Lipinski definition) is 2. The van der Waals surface area contributed by atoms with Crippen molar-refractivity contribution in [1.82, 2.24) is 20.1 Å². The maximum Gasteiger partial charge on any atom is 0.332 e. The molecule has 3 aliphatic rings. The van der Waals surface area contributed by atoms with E-state index in [-0.39, 0.29) is 11.8 Å². The van der Waals surface area contributed by atoms with Gasteiger partial charge in [-0.05, 0) is 49.2 Å². The summed E-state index contributed by atoms with van der Waals surface area (Å²) in [5.74, 6) is 0.0364. The highest BCUT2D eigenvalue weighted by Gasteiger charge is 2.59. The molecule has 2 N–H and O–H groups in total. The first kappa shape index (κ1) is 24.4. The fourth-order valence-electron chi connectivity index (χ4n) is 5.87. The van der Waals surface area contributed by atoms with Gasteiger partial charge in [0.2, 0.25) is 0 Å². The third-order valence-corrected chi connectivity index (χ3v) is 7.97. The second-order valence-corrected chi connectivity index (χ2v) is 10.0. The Balaban J connectivity index is 1.30. The Morgan fingerprint density at radius 2 is 1.92 bits per heavy atom. The molecule has 0 spiro atoms. The van der Waals surface area contributed by atoms with E-state index in [4.69, 9.17) is 9.47 Å². The first-order valence-corrected chi connectivity index (χ1v) is 13.0. The van der Waals surface area contributed by atoms with Gasteiger partial charge in [-0.25, -0.2) is 9.69 Å². The molecule has 2 aromatic carbocycles. The molecule has 3 aromatic rings. The van der Waals surface area contributed by atoms with Gasteiger partial charge in [-0.2, -0.15) is 0 Å². The average Bonchev–Trinajstić information content (AvgIpc) is 3.41. The molecule has 1 atom stereocenters. The Morgan fingerprint density at radius 1 is 1.13 bits per heavy atom. The Morgan fingerprint density at radius 3 is 2.71 bits per heavy atom. The van der Waals surface area contributed by atoms with E-state index in [0.29, 0.717) is 56.2 Å². The van der Waals surface area contributed by atoms with Gasteiger partial charge in [0, 0.05) is 43.6 Å². The highest BCUT2D eigenvalue weighted by atomic mass is 16.5. The van der Waals surface area contributed by atoms with E-state index in [0.717, 1.165) is 40.2 Å². The number of urea groups is 1. The van der Waals surface area contributed by atoms with Gasteiger partial charge in [0.25, 0.3) is 11.8 Å². The molecule has 10 heteroatoms. The number of benzene rings is 2. The zero-order chi connectivity index (χ0) is 26.4. The fraction of sp³-hybridized carbons (Fsp3) is 0.393. The summed E-state index contributed by atoms with van der Waals surface area (Å²) in [5.41, 5.74) is 1.98. The van der Waals surface area contributed by atoms with Crippen LogP contribution < -0.4 is 15.0 Å². The number of imide groups is 1. The summed E-state index contributed by atoms with van der Waals surface area (Å²) < 4.78 is 10.8. The number of aromatic nitrogens is 1. The van der Waals surface area contributed by atoms with Crippen LogP contribution in [0.2, 0.25) is 0 Å². The Hall–Kier alpha value is -3.89. The van der Waals surface area contributed by atoms with Crippen molar-refractivity contribution in [3.8, 4) is 5.75 Å². The highest BCUT2D eigenvalue weighted by molar-refractivity contribution is 6.25. The summed E-state index contributed by atoms with van der Waals surface area (Å²) in [6.07, 6.45) is 0.606. The Kier molecular flexibility index (Phi) is 6.08. The normalized spacial score (nSPS) is 21.5. The topological polar surface area (TPSA) is 107 Å². The van der Waals surface area contributed by atoms with Gasteiger partial charge in [0.1, 0.15) is 5.75 Å². The van der Waals surface area contributed by atoms with Gasteiger partial charge in [0.15, 0.2) is 5.54 Å². The minimum absolute atomic E-state index is 0.293. The van der Waals surface area contributed by atoms with Crippen LogP contribution in [0.4, 0.5) is 10.5 Å². The smallest absolute Gasteiger partial charge is 0.332 e. The number of carbonyl (C=O) groups is 3. The SMILES string of the molecule is COc1ccc2[nH]c3c(c2c1)CCN1C(=O)N(c2ccccc2C(=O)NCCN2CCOCC2)C(=O)[C@]31C. The lowest BCUT2D eigenvalue weighted by Crippen LogP contribution is -2.49. The van der Waals surface area contributed by atoms with Gasteiger partial charge in [-0.3, -0.25) is 14.5 Å². The molecule has 0 aliphatic carbocycles. The van der Waals surface area contributed by atoms with Crippen molar-refractivity contribution < 1.29 is 23.9 Å². The lowest BCUT2D eigenvalue weighted by molar-refractivity contribution is -0.125. The van der Waals surface area contributed by atoms with E-state index in [1.807, 2.05) is 18.2 Å². The number of methoxy groups -OCH3 is 1. The summed E-state index contributed by atoms with van der Waals surface area (Å²) in [6, 6.07) is 12.1. The maximum absolute atomic E-state index is 14.1. The van der Waals surface area contributed by atoms with Crippen LogP contribution >= 0.6 is 0 Å². The van der Waals surface area contributed by atoms with Crippen LogP contribution in [0, 0.1) is 0 Å². The van der Waals surface area contributed by atoms with Gasteiger partial charge >= 0.3 is 6.03 Å². The zero-order valence-electron chi connectivity index (χ0n) is 21.6. The standard InChI is InChI=1S/C28H31N5O5/c1-28-24-19(21-17-18(37-2)7-8-22(21)30-24)9-11-32(28)27(36)33(26(28)35)23-6-4-3-5-20(23)25(34)29-10-12-31-13-15-38-16-14-31/h3-8,17,30H,9-16H2,1-2H3,(H,29,34)/t28-/m0/s1. The second-order valence-electron chi connectivity index (χ2n) is 10.0. The molecule has 1 aromatic heterocycles. The number of anilines is 1. The van der Waals surface area contributed by atoms with Crippen LogP contribution in [-0.4, -0.2) is 85.7 Å². The van der Waals surface area contributed by atoms with Crippen molar-refractivity contribution in [1.29, 1.82) is 0 Å². The number of H-pyrrole nitrogens is 1. The van der Waals surface area contributed by atoms with Gasteiger partial charge in [-0.1, -0.05) is 12.1 Å². The molecule has 6 rings (SSSR count). The number of aromatic amines is 1. The predicted molar refractivity (Wildman–Crippen MR) is 142 cm³/mol. The molecule has 4 amide bonds. The van der Waals surface area contributed by atoms with Gasteiger partial charge in [-0.15, -0.1) is 0 Å². The van der Waals surface area contributed by atoms with Crippen LogP contribution in [0.5, 0.6) is 5.75 Å². The molecule has 0 saturated carbocycles. The van der Waals surface area contributed by atoms with Crippen molar-refractivity contribution in [3.63, 3.8) is 0 Å². The molecule has 4 heterocycles. The van der Waals surface area contributed by atoms with E-state index >= 15 is 0 Å². The van der Waals surface area contributed by atoms with Gasteiger partial charge in [0.05, 0.1) is 37.3 Å². The van der Waals surface area contributed by atoms with Crippen molar-refractivity contribution in [2.45, 2.75) is 18.9 Å². The second kappa shape index (κ2) is 9.45. The minimum Gasteiger partial charge on any atom is -0.497 e. The number of nitrogens with one attached hydrogen (secondary N) is 2. The molecule has 2 saturated heterocycles. The quantitative estimate of drug-likeness (QED) is 0.487. The summed E-state index contributed by atoms with van der Waals surface area (Å²) in [7, 11) is 1.62. The average molecular weight is 518 g/mol. The largest absolute Gasteiger partial charge is 0.497 e. The first-order chi connectivity index (χ1) is 18.4. The molecule has 198 valence electrons. The van der Waals surface area contributed by atoms with E-state index in [1.165, 1.54) is 0 Å². The molecular weight excluding hydrogens is 486 g/mol. The summed E-state index contributed by atoms with van der Waals surface area (Å²) in [4.78, 5) is 49.4. The third-order valence-electron chi connectivity index (χ3n) is 7.97. The maximum atomic E-state index is 14.1. The van der Waals surface area contributed by atoms with Crippen molar-refractivity contribution >= 4 is 34.4 Å². The minimum atomic E-state index is -1.21. The Labute approximate surface area is 220 Å². The van der Waals surface area contributed by atoms with E-state index in [2.05, 4.69) is 15.2 Å². The number of fused-ring (bicyclic) bond motifs is 5. The Bertz CT molecular complexity index is 1430. The van der Waals surface area contributed by atoms with E-state index in [1.54, 1.807) is 43.2 Å². The van der Waals surface area contributed by atoms with E-state index < -0.39 is 11.6 Å². The van der Waals surface area contributed by atoms with Crippen LogP contribution in [0.3, 0.4) is 0 Å². The van der Waals surface area contributed by atoms with Gasteiger partial charge < -0.3 is 24.7 Å². The van der Waals surface area contributed by atoms with Crippen LogP contribution in [0.25, 0.3) is 10.9 Å². The van der Waals surface area contributed by atoms with Crippen LogP contribution in [-0.2, 0) is 21.5 Å². The number of amides is 4. The number of carbonyl (C=O) groups excluding carboxylic acids is 3. The number of rotatable bonds is 6.